The van der Waals surface area contributed by atoms with Crippen LogP contribution in [0.25, 0.3) is 0 Å². The smallest absolute Gasteiger partial charge is 0.0565 e. The molecule has 1 aromatic carbocycles. The first-order chi connectivity index (χ1) is 7.75. The molecule has 0 N–H and O–H groups in total. The van der Waals surface area contributed by atoms with E-state index < -0.39 is 8.07 Å². The van der Waals surface area contributed by atoms with Crippen molar-refractivity contribution < 1.29 is 0 Å². The van der Waals surface area contributed by atoms with Gasteiger partial charge in [0.1, 0.15) is 0 Å². The molecule has 1 aliphatic carbocycles. The lowest BCUT2D eigenvalue weighted by Crippen LogP contribution is -2.38. The summed E-state index contributed by atoms with van der Waals surface area (Å²) in [5, 5.41) is 0. The summed E-state index contributed by atoms with van der Waals surface area (Å²) in [6.45, 7) is 7.30. The van der Waals surface area contributed by atoms with Crippen LogP contribution >= 0.6 is 0 Å². The van der Waals surface area contributed by atoms with Gasteiger partial charge in [-0.05, 0) is 29.5 Å². The fraction of sp³-hybridized carbons (Fsp3) is 0.600. The van der Waals surface area contributed by atoms with Crippen LogP contribution in [0.4, 0.5) is 0 Å². The van der Waals surface area contributed by atoms with Gasteiger partial charge in [0.15, 0.2) is 0 Å². The second kappa shape index (κ2) is 4.75. The first kappa shape index (κ1) is 11.9. The van der Waals surface area contributed by atoms with Crippen LogP contribution in [0.1, 0.15) is 31.9 Å². The summed E-state index contributed by atoms with van der Waals surface area (Å²) >= 11 is 0. The van der Waals surface area contributed by atoms with E-state index in [-0.39, 0.29) is 0 Å². The molecule has 0 nitrogen and oxygen atoms in total. The van der Waals surface area contributed by atoms with E-state index in [1.165, 1.54) is 31.0 Å². The van der Waals surface area contributed by atoms with Crippen molar-refractivity contribution in [2.45, 2.75) is 57.3 Å². The minimum absolute atomic E-state index is 0.982. The van der Waals surface area contributed by atoms with Crippen LogP contribution in [0.15, 0.2) is 24.3 Å². The maximum absolute atomic E-state index is 2.43. The summed E-state index contributed by atoms with van der Waals surface area (Å²) in [6.07, 6.45) is 2.75. The molecule has 0 unspecified atom stereocenters. The first-order valence-corrected chi connectivity index (χ1v) is 9.52. The molecule has 1 aromatic rings. The van der Waals surface area contributed by atoms with Crippen LogP contribution in [0.5, 0.6) is 0 Å². The molecular formula is C15H24Si. The molecule has 0 saturated carbocycles. The third-order valence-corrected chi connectivity index (χ3v) is 11.4. The van der Waals surface area contributed by atoms with Crippen LogP contribution in [0, 0.1) is 0 Å². The van der Waals surface area contributed by atoms with E-state index >= 15 is 0 Å². The number of rotatable bonds is 4. The molecular weight excluding hydrogens is 208 g/mol. The lowest BCUT2D eigenvalue weighted by Gasteiger charge is -2.34. The second-order valence-electron chi connectivity index (χ2n) is 5.30. The maximum atomic E-state index is 2.43. The molecule has 16 heavy (non-hydrogen) atoms. The van der Waals surface area contributed by atoms with Crippen molar-refractivity contribution in [2.75, 3.05) is 0 Å². The average molecular weight is 232 g/mol. The summed E-state index contributed by atoms with van der Waals surface area (Å²) in [7, 11) is -0.982. The highest BCUT2D eigenvalue weighted by Crippen LogP contribution is 2.43. The second-order valence-corrected chi connectivity index (χ2v) is 11.0. The average Bonchev–Trinajstić information content (AvgIpc) is 2.76. The van der Waals surface area contributed by atoms with E-state index in [2.05, 4.69) is 45.0 Å². The molecule has 0 heterocycles. The predicted octanol–water partition coefficient (Wildman–Crippen LogP) is 4.66. The van der Waals surface area contributed by atoms with Crippen molar-refractivity contribution in [3.05, 3.63) is 35.4 Å². The van der Waals surface area contributed by atoms with Gasteiger partial charge in [-0.2, -0.15) is 0 Å². The Morgan fingerprint density at radius 2 is 1.38 bits per heavy atom. The number of hydrogen-bond donors (Lipinski definition) is 0. The van der Waals surface area contributed by atoms with Crippen LogP contribution in [-0.2, 0) is 12.8 Å². The number of fused-ring (bicyclic) bond motifs is 1. The minimum atomic E-state index is -0.982. The highest BCUT2D eigenvalue weighted by Gasteiger charge is 2.39. The zero-order valence-corrected chi connectivity index (χ0v) is 11.9. The Hall–Kier alpha value is -0.563. The molecule has 1 heteroatoms. The van der Waals surface area contributed by atoms with Crippen molar-refractivity contribution in [3.63, 3.8) is 0 Å². The molecule has 0 amide bonds. The van der Waals surface area contributed by atoms with E-state index in [1.807, 2.05) is 0 Å². The van der Waals surface area contributed by atoms with Gasteiger partial charge in [0, 0.05) is 0 Å². The maximum Gasteiger partial charge on any atom is 0.0565 e. The first-order valence-electron chi connectivity index (χ1n) is 6.82. The molecule has 88 valence electrons. The predicted molar refractivity (Wildman–Crippen MR) is 74.8 cm³/mol. The number of hydrogen-bond acceptors (Lipinski definition) is 0. The fourth-order valence-corrected chi connectivity index (χ4v) is 8.15. The molecule has 0 radical (unpaired) electrons. The molecule has 1 aliphatic rings. The van der Waals surface area contributed by atoms with Gasteiger partial charge >= 0.3 is 0 Å². The SMILES string of the molecule is CC[Si](CC)(CC)C1Cc2ccccc2C1. The molecule has 0 aliphatic heterocycles. The van der Waals surface area contributed by atoms with E-state index in [4.69, 9.17) is 0 Å². The van der Waals surface area contributed by atoms with Gasteiger partial charge < -0.3 is 0 Å². The Balaban J connectivity index is 2.21. The Morgan fingerprint density at radius 3 is 1.75 bits per heavy atom. The Kier molecular flexibility index (Phi) is 3.53. The Morgan fingerprint density at radius 1 is 0.938 bits per heavy atom. The quantitative estimate of drug-likeness (QED) is 0.662. The Labute approximate surface area is 101 Å². The van der Waals surface area contributed by atoms with Gasteiger partial charge in [-0.1, -0.05) is 63.2 Å². The zero-order chi connectivity index (χ0) is 11.6. The molecule has 0 saturated heterocycles. The van der Waals surface area contributed by atoms with Gasteiger partial charge in [-0.25, -0.2) is 0 Å². The van der Waals surface area contributed by atoms with Crippen molar-refractivity contribution >= 4 is 8.07 Å². The normalized spacial score (nSPS) is 16.4. The Bertz CT molecular complexity index is 319. The van der Waals surface area contributed by atoms with Crippen molar-refractivity contribution in [2.24, 2.45) is 0 Å². The summed E-state index contributed by atoms with van der Waals surface area (Å²) in [5.41, 5.74) is 4.30. The summed E-state index contributed by atoms with van der Waals surface area (Å²) in [6, 6.07) is 13.5. The molecule has 0 spiro atoms. The number of benzene rings is 1. The summed E-state index contributed by atoms with van der Waals surface area (Å²) < 4.78 is 0. The van der Waals surface area contributed by atoms with Crippen LogP contribution in [0.3, 0.4) is 0 Å². The summed E-state index contributed by atoms with van der Waals surface area (Å²) in [4.78, 5) is 0. The molecule has 0 atom stereocenters. The minimum Gasteiger partial charge on any atom is -0.0678 e. The fourth-order valence-electron chi connectivity index (χ4n) is 3.61. The van der Waals surface area contributed by atoms with Gasteiger partial charge in [0.05, 0.1) is 8.07 Å². The third kappa shape index (κ3) is 1.86. The molecule has 2 rings (SSSR count). The molecule has 0 fully saturated rings. The van der Waals surface area contributed by atoms with E-state index in [9.17, 15) is 0 Å². The van der Waals surface area contributed by atoms with Gasteiger partial charge in [-0.15, -0.1) is 0 Å². The largest absolute Gasteiger partial charge is 0.0678 e. The zero-order valence-electron chi connectivity index (χ0n) is 10.9. The van der Waals surface area contributed by atoms with E-state index in [0.29, 0.717) is 0 Å². The standard InChI is InChI=1S/C15H24Si/c1-4-16(5-2,6-3)15-11-13-9-7-8-10-14(13)12-15/h7-10,15H,4-6,11-12H2,1-3H3. The molecule has 0 aromatic heterocycles. The van der Waals surface area contributed by atoms with Gasteiger partial charge in [-0.3, -0.25) is 0 Å². The summed E-state index contributed by atoms with van der Waals surface area (Å²) in [5.74, 6) is 0. The lowest BCUT2D eigenvalue weighted by atomic mass is 10.1. The topological polar surface area (TPSA) is 0 Å². The van der Waals surface area contributed by atoms with Crippen LogP contribution in [0.2, 0.25) is 23.7 Å². The van der Waals surface area contributed by atoms with Crippen molar-refractivity contribution in [1.29, 1.82) is 0 Å². The molecule has 0 bridgehead atoms. The third-order valence-electron chi connectivity index (χ3n) is 5.03. The lowest BCUT2D eigenvalue weighted by molar-refractivity contribution is 0.826. The van der Waals surface area contributed by atoms with Crippen molar-refractivity contribution in [3.8, 4) is 0 Å². The van der Waals surface area contributed by atoms with Gasteiger partial charge in [0.2, 0.25) is 0 Å². The van der Waals surface area contributed by atoms with Crippen LogP contribution < -0.4 is 0 Å². The van der Waals surface area contributed by atoms with Crippen LogP contribution in [-0.4, -0.2) is 8.07 Å². The van der Waals surface area contributed by atoms with E-state index in [1.54, 1.807) is 11.1 Å². The highest BCUT2D eigenvalue weighted by molar-refractivity contribution is 6.81. The monoisotopic (exact) mass is 232 g/mol. The highest BCUT2D eigenvalue weighted by atomic mass is 28.3. The van der Waals surface area contributed by atoms with Gasteiger partial charge in [0.25, 0.3) is 0 Å². The van der Waals surface area contributed by atoms with E-state index in [0.717, 1.165) is 5.54 Å². The van der Waals surface area contributed by atoms with Crippen molar-refractivity contribution in [1.82, 2.24) is 0 Å².